The molecular weight excluding hydrogens is 234 g/mol. The number of ether oxygens (including phenoxy) is 1. The second-order valence-corrected chi connectivity index (χ2v) is 3.21. The summed E-state index contributed by atoms with van der Waals surface area (Å²) in [5.74, 6) is -3.43. The van der Waals surface area contributed by atoms with Gasteiger partial charge in [-0.2, -0.15) is 0 Å². The second-order valence-electron chi connectivity index (χ2n) is 3.21. The van der Waals surface area contributed by atoms with Crippen LogP contribution in [-0.4, -0.2) is 17.4 Å². The molecule has 3 N–H and O–H groups in total. The average molecular weight is 242 g/mol. The lowest BCUT2D eigenvalue weighted by Crippen LogP contribution is -1.94. The van der Waals surface area contributed by atoms with Gasteiger partial charge in [-0.05, 0) is 0 Å². The first kappa shape index (κ1) is 11.2. The molecule has 1 aromatic carbocycles. The molecule has 0 radical (unpaired) electrons. The number of aromatic hydroxyl groups is 1. The van der Waals surface area contributed by atoms with E-state index in [0.29, 0.717) is 0 Å². The van der Waals surface area contributed by atoms with Crippen molar-refractivity contribution < 1.29 is 23.1 Å². The van der Waals surface area contributed by atoms with Crippen molar-refractivity contribution >= 4 is 5.82 Å². The van der Waals surface area contributed by atoms with Crippen molar-refractivity contribution in [3.63, 3.8) is 0 Å². The third kappa shape index (κ3) is 1.75. The summed E-state index contributed by atoms with van der Waals surface area (Å²) < 4.78 is 36.2. The summed E-state index contributed by atoms with van der Waals surface area (Å²) in [5.41, 5.74) is 4.81. The van der Waals surface area contributed by atoms with Gasteiger partial charge in [-0.15, -0.1) is 0 Å². The van der Waals surface area contributed by atoms with Crippen LogP contribution in [0, 0.1) is 11.6 Å². The van der Waals surface area contributed by atoms with E-state index in [0.717, 1.165) is 12.1 Å². The van der Waals surface area contributed by atoms with Gasteiger partial charge in [0.1, 0.15) is 5.56 Å². The predicted octanol–water partition coefficient (Wildman–Crippen LogP) is 1.92. The Balaban J connectivity index is 2.71. The number of hydrogen-bond donors (Lipinski definition) is 2. The highest BCUT2D eigenvalue weighted by atomic mass is 19.2. The minimum Gasteiger partial charge on any atom is -0.504 e. The molecule has 0 atom stereocenters. The van der Waals surface area contributed by atoms with Crippen molar-refractivity contribution in [1.82, 2.24) is 5.16 Å². The molecule has 0 fully saturated rings. The Kier molecular flexibility index (Phi) is 2.58. The lowest BCUT2D eigenvalue weighted by atomic mass is 10.1. The first-order chi connectivity index (χ1) is 8.04. The van der Waals surface area contributed by atoms with E-state index in [2.05, 4.69) is 9.68 Å². The first-order valence-electron chi connectivity index (χ1n) is 4.52. The second kappa shape index (κ2) is 3.93. The van der Waals surface area contributed by atoms with Crippen LogP contribution in [0.4, 0.5) is 14.6 Å². The van der Waals surface area contributed by atoms with Crippen LogP contribution >= 0.6 is 0 Å². The van der Waals surface area contributed by atoms with Crippen molar-refractivity contribution in [2.75, 3.05) is 12.8 Å². The Morgan fingerprint density at radius 3 is 2.65 bits per heavy atom. The molecule has 0 aliphatic rings. The molecule has 0 saturated heterocycles. The number of phenolic OH excluding ortho intramolecular Hbond substituents is 1. The summed E-state index contributed by atoms with van der Waals surface area (Å²) >= 11 is 0. The van der Waals surface area contributed by atoms with E-state index in [-0.39, 0.29) is 17.3 Å². The summed E-state index contributed by atoms with van der Waals surface area (Å²) in [4.78, 5) is 0. The number of phenols is 1. The van der Waals surface area contributed by atoms with Crippen molar-refractivity contribution in [2.45, 2.75) is 0 Å². The minimum atomic E-state index is -1.26. The molecule has 5 nitrogen and oxygen atoms in total. The quantitative estimate of drug-likeness (QED) is 0.840. The number of nitrogen functional groups attached to an aromatic ring is 1. The van der Waals surface area contributed by atoms with Gasteiger partial charge in [0.25, 0.3) is 0 Å². The van der Waals surface area contributed by atoms with Crippen molar-refractivity contribution in [2.24, 2.45) is 0 Å². The van der Waals surface area contributed by atoms with Gasteiger partial charge in [-0.3, -0.25) is 0 Å². The maximum absolute atomic E-state index is 13.6. The number of anilines is 1. The molecule has 0 amide bonds. The van der Waals surface area contributed by atoms with Crippen LogP contribution in [0.2, 0.25) is 0 Å². The molecule has 2 rings (SSSR count). The number of nitrogens with two attached hydrogens (primary N) is 1. The van der Waals surface area contributed by atoms with E-state index in [1.807, 2.05) is 0 Å². The van der Waals surface area contributed by atoms with Crippen LogP contribution in [0.1, 0.15) is 0 Å². The van der Waals surface area contributed by atoms with E-state index in [1.165, 1.54) is 7.11 Å². The zero-order chi connectivity index (χ0) is 12.6. The number of benzene rings is 1. The number of aromatic nitrogens is 1. The minimum absolute atomic E-state index is 0.0120. The third-order valence-corrected chi connectivity index (χ3v) is 2.15. The highest BCUT2D eigenvalue weighted by Gasteiger charge is 2.23. The Labute approximate surface area is 94.4 Å². The number of nitrogens with zero attached hydrogens (tertiary/aromatic N) is 1. The topological polar surface area (TPSA) is 81.5 Å². The summed E-state index contributed by atoms with van der Waals surface area (Å²) in [6.45, 7) is 0. The van der Waals surface area contributed by atoms with E-state index in [4.69, 9.17) is 10.5 Å². The Hall–Kier alpha value is -2.31. The highest BCUT2D eigenvalue weighted by Crippen LogP contribution is 2.40. The first-order valence-corrected chi connectivity index (χ1v) is 4.52. The van der Waals surface area contributed by atoms with Crippen LogP contribution in [0.5, 0.6) is 11.5 Å². The number of rotatable bonds is 2. The number of hydrogen-bond acceptors (Lipinski definition) is 5. The molecule has 0 unspecified atom stereocenters. The van der Waals surface area contributed by atoms with Crippen LogP contribution in [0.25, 0.3) is 11.3 Å². The molecule has 0 aliphatic heterocycles. The van der Waals surface area contributed by atoms with E-state index in [1.54, 1.807) is 0 Å². The zero-order valence-corrected chi connectivity index (χ0v) is 8.70. The van der Waals surface area contributed by atoms with Crippen molar-refractivity contribution in [1.29, 1.82) is 0 Å². The summed E-state index contributed by atoms with van der Waals surface area (Å²) in [5, 5.41) is 13.0. The molecule has 1 heterocycles. The smallest absolute Gasteiger partial charge is 0.176 e. The van der Waals surface area contributed by atoms with Gasteiger partial charge < -0.3 is 20.1 Å². The van der Waals surface area contributed by atoms with Gasteiger partial charge in [0.2, 0.25) is 0 Å². The lowest BCUT2D eigenvalue weighted by molar-refractivity contribution is 0.362. The molecule has 1 aromatic heterocycles. The SMILES string of the molecule is COc1cc(F)c(F)c(-c2cc(N)no2)c1O. The molecule has 0 aliphatic carbocycles. The van der Waals surface area contributed by atoms with Crippen LogP contribution in [-0.2, 0) is 0 Å². The zero-order valence-electron chi connectivity index (χ0n) is 8.70. The Morgan fingerprint density at radius 2 is 2.12 bits per heavy atom. The van der Waals surface area contributed by atoms with Gasteiger partial charge in [0, 0.05) is 12.1 Å². The molecule has 0 bridgehead atoms. The van der Waals surface area contributed by atoms with Crippen LogP contribution in [0.15, 0.2) is 16.7 Å². The standard InChI is InChI=1S/C10H8F2N2O3/c1-16-6-2-4(11)9(12)8(10(6)15)5-3-7(13)14-17-5/h2-3,15H,1H3,(H2,13,14). The normalized spacial score (nSPS) is 10.5. The summed E-state index contributed by atoms with van der Waals surface area (Å²) in [7, 11) is 1.21. The number of methoxy groups -OCH3 is 1. The van der Waals surface area contributed by atoms with Gasteiger partial charge in [-0.1, -0.05) is 5.16 Å². The van der Waals surface area contributed by atoms with Crippen LogP contribution < -0.4 is 10.5 Å². The van der Waals surface area contributed by atoms with Crippen molar-refractivity contribution in [3.05, 3.63) is 23.8 Å². The van der Waals surface area contributed by atoms with E-state index >= 15 is 0 Å². The van der Waals surface area contributed by atoms with Gasteiger partial charge >= 0.3 is 0 Å². The molecule has 7 heteroatoms. The van der Waals surface area contributed by atoms with Gasteiger partial charge in [0.05, 0.1) is 7.11 Å². The van der Waals surface area contributed by atoms with E-state index < -0.39 is 22.9 Å². The fraction of sp³-hybridized carbons (Fsp3) is 0.100. The maximum atomic E-state index is 13.6. The maximum Gasteiger partial charge on any atom is 0.176 e. The Morgan fingerprint density at radius 1 is 1.41 bits per heavy atom. The fourth-order valence-electron chi connectivity index (χ4n) is 1.38. The Bertz CT molecular complexity index is 569. The molecule has 0 saturated carbocycles. The lowest BCUT2D eigenvalue weighted by Gasteiger charge is -2.08. The van der Waals surface area contributed by atoms with Crippen LogP contribution in [0.3, 0.4) is 0 Å². The summed E-state index contributed by atoms with van der Waals surface area (Å²) in [6.07, 6.45) is 0. The van der Waals surface area contributed by atoms with Crippen molar-refractivity contribution in [3.8, 4) is 22.8 Å². The average Bonchev–Trinajstić information content (AvgIpc) is 2.70. The monoisotopic (exact) mass is 242 g/mol. The summed E-state index contributed by atoms with van der Waals surface area (Å²) in [6, 6.07) is 1.89. The van der Waals surface area contributed by atoms with E-state index in [9.17, 15) is 13.9 Å². The largest absolute Gasteiger partial charge is 0.504 e. The highest BCUT2D eigenvalue weighted by molar-refractivity contribution is 5.71. The fourth-order valence-corrected chi connectivity index (χ4v) is 1.38. The predicted molar refractivity (Wildman–Crippen MR) is 54.5 cm³/mol. The third-order valence-electron chi connectivity index (χ3n) is 2.15. The van der Waals surface area contributed by atoms with Gasteiger partial charge in [0.15, 0.2) is 34.7 Å². The molecule has 2 aromatic rings. The molecular formula is C10H8F2N2O3. The molecule has 17 heavy (non-hydrogen) atoms. The molecule has 0 spiro atoms. The molecule has 90 valence electrons. The van der Waals surface area contributed by atoms with Gasteiger partial charge in [-0.25, -0.2) is 8.78 Å². The number of halogens is 2.